The Morgan fingerprint density at radius 3 is 2.59 bits per heavy atom. The smallest absolute Gasteiger partial charge is 0.137 e. The summed E-state index contributed by atoms with van der Waals surface area (Å²) in [6, 6.07) is 10.9. The lowest BCUT2D eigenvalue weighted by Crippen LogP contribution is -2.36. The van der Waals surface area contributed by atoms with E-state index in [1.54, 1.807) is 12.7 Å². The van der Waals surface area contributed by atoms with Gasteiger partial charge in [0.1, 0.15) is 12.7 Å². The first kappa shape index (κ1) is 15.2. The summed E-state index contributed by atoms with van der Waals surface area (Å²) in [4.78, 5) is 6.55. The Kier molecular flexibility index (Phi) is 5.59. The zero-order valence-corrected chi connectivity index (χ0v) is 13.3. The van der Waals surface area contributed by atoms with Crippen molar-refractivity contribution in [2.24, 2.45) is 5.92 Å². The maximum absolute atomic E-state index is 4.16. The number of benzene rings is 1. The minimum atomic E-state index is 0.923. The maximum Gasteiger partial charge on any atom is 0.137 e. The first-order valence-corrected chi connectivity index (χ1v) is 8.49. The number of rotatable bonds is 7. The second kappa shape index (κ2) is 8.08. The molecule has 22 heavy (non-hydrogen) atoms. The number of nitrogens with zero attached hydrogens (tertiary/aromatic N) is 4. The van der Waals surface area contributed by atoms with Crippen LogP contribution in [0.15, 0.2) is 43.0 Å². The lowest BCUT2D eigenvalue weighted by molar-refractivity contribution is 0.171. The van der Waals surface area contributed by atoms with E-state index in [1.165, 1.54) is 50.8 Å². The third-order valence-electron chi connectivity index (χ3n) is 4.74. The average Bonchev–Trinajstić information content (AvgIpc) is 3.09. The molecule has 0 saturated carbocycles. The molecule has 0 unspecified atom stereocenters. The van der Waals surface area contributed by atoms with Gasteiger partial charge in [-0.15, -0.1) is 0 Å². The van der Waals surface area contributed by atoms with E-state index in [0.717, 1.165) is 19.0 Å². The highest BCUT2D eigenvalue weighted by Gasteiger charge is 2.18. The van der Waals surface area contributed by atoms with Gasteiger partial charge in [0.2, 0.25) is 0 Å². The minimum Gasteiger partial charge on any atom is -0.301 e. The Bertz CT molecular complexity index is 515. The molecule has 0 spiro atoms. The van der Waals surface area contributed by atoms with Gasteiger partial charge in [0.05, 0.1) is 6.54 Å². The van der Waals surface area contributed by atoms with Crippen LogP contribution in [-0.4, -0.2) is 39.3 Å². The summed E-state index contributed by atoms with van der Waals surface area (Å²) in [6.07, 6.45) is 10.1. The molecular weight excluding hydrogens is 272 g/mol. The Balaban J connectivity index is 1.30. The number of likely N-dealkylation sites (tertiary alicyclic amines) is 1. The van der Waals surface area contributed by atoms with Gasteiger partial charge in [-0.1, -0.05) is 36.8 Å². The Morgan fingerprint density at radius 2 is 1.86 bits per heavy atom. The number of hydrogen-bond donors (Lipinski definition) is 0. The van der Waals surface area contributed by atoms with Crippen molar-refractivity contribution in [2.45, 2.75) is 38.6 Å². The summed E-state index contributed by atoms with van der Waals surface area (Å²) in [7, 11) is 0. The van der Waals surface area contributed by atoms with Crippen LogP contribution in [0.4, 0.5) is 0 Å². The van der Waals surface area contributed by atoms with Crippen LogP contribution in [0, 0.1) is 5.92 Å². The number of hydrogen-bond acceptors (Lipinski definition) is 3. The molecule has 1 fully saturated rings. The zero-order valence-electron chi connectivity index (χ0n) is 13.3. The summed E-state index contributed by atoms with van der Waals surface area (Å²) in [5, 5.41) is 4.16. The van der Waals surface area contributed by atoms with Gasteiger partial charge >= 0.3 is 0 Å². The molecule has 4 heteroatoms. The fourth-order valence-electron chi connectivity index (χ4n) is 3.33. The van der Waals surface area contributed by atoms with Crippen LogP contribution in [0.5, 0.6) is 0 Å². The third-order valence-corrected chi connectivity index (χ3v) is 4.74. The molecule has 2 heterocycles. The molecule has 0 radical (unpaired) electrons. The predicted octanol–water partition coefficient (Wildman–Crippen LogP) is 3.01. The summed E-state index contributed by atoms with van der Waals surface area (Å²) in [5.41, 5.74) is 1.48. The number of aromatic nitrogens is 3. The van der Waals surface area contributed by atoms with Crippen molar-refractivity contribution < 1.29 is 0 Å². The SMILES string of the molecule is c1ccc(CCCC2CCN(CCn3cncn3)CC2)cc1. The van der Waals surface area contributed by atoms with Crippen LogP contribution in [-0.2, 0) is 13.0 Å². The molecule has 118 valence electrons. The molecule has 2 aromatic rings. The number of piperidine rings is 1. The largest absolute Gasteiger partial charge is 0.301 e. The molecule has 0 aliphatic carbocycles. The van der Waals surface area contributed by atoms with Gasteiger partial charge in [0.15, 0.2) is 0 Å². The molecule has 1 aliphatic rings. The van der Waals surface area contributed by atoms with E-state index in [1.807, 2.05) is 4.68 Å². The third kappa shape index (κ3) is 4.67. The van der Waals surface area contributed by atoms with Crippen molar-refractivity contribution in [3.8, 4) is 0 Å². The van der Waals surface area contributed by atoms with Gasteiger partial charge in [0.25, 0.3) is 0 Å². The van der Waals surface area contributed by atoms with Crippen LogP contribution in [0.3, 0.4) is 0 Å². The quantitative estimate of drug-likeness (QED) is 0.788. The highest BCUT2D eigenvalue weighted by atomic mass is 15.3. The van der Waals surface area contributed by atoms with E-state index in [0.29, 0.717) is 0 Å². The Morgan fingerprint density at radius 1 is 1.05 bits per heavy atom. The average molecular weight is 298 g/mol. The minimum absolute atomic E-state index is 0.923. The van der Waals surface area contributed by atoms with Crippen molar-refractivity contribution in [3.05, 3.63) is 48.5 Å². The monoisotopic (exact) mass is 298 g/mol. The summed E-state index contributed by atoms with van der Waals surface area (Å²) < 4.78 is 1.92. The van der Waals surface area contributed by atoms with Crippen molar-refractivity contribution in [1.82, 2.24) is 19.7 Å². The first-order valence-electron chi connectivity index (χ1n) is 8.49. The van der Waals surface area contributed by atoms with Gasteiger partial charge < -0.3 is 4.90 Å². The zero-order chi connectivity index (χ0) is 15.0. The van der Waals surface area contributed by atoms with Crippen molar-refractivity contribution in [3.63, 3.8) is 0 Å². The lowest BCUT2D eigenvalue weighted by Gasteiger charge is -2.31. The molecule has 1 aromatic heterocycles. The van der Waals surface area contributed by atoms with Crippen molar-refractivity contribution in [2.75, 3.05) is 19.6 Å². The predicted molar refractivity (Wildman–Crippen MR) is 88.6 cm³/mol. The molecule has 0 amide bonds. The van der Waals surface area contributed by atoms with Gasteiger partial charge in [0, 0.05) is 6.54 Å². The van der Waals surface area contributed by atoms with Crippen LogP contribution < -0.4 is 0 Å². The van der Waals surface area contributed by atoms with Gasteiger partial charge in [-0.05, 0) is 50.3 Å². The van der Waals surface area contributed by atoms with Crippen LogP contribution >= 0.6 is 0 Å². The molecular formula is C18H26N4. The molecule has 4 nitrogen and oxygen atoms in total. The lowest BCUT2D eigenvalue weighted by atomic mass is 9.91. The second-order valence-electron chi connectivity index (χ2n) is 6.32. The second-order valence-corrected chi connectivity index (χ2v) is 6.32. The van der Waals surface area contributed by atoms with E-state index >= 15 is 0 Å². The molecule has 3 rings (SSSR count). The van der Waals surface area contributed by atoms with Crippen LogP contribution in [0.1, 0.15) is 31.2 Å². The molecule has 1 aliphatic heterocycles. The first-order chi connectivity index (χ1) is 10.9. The number of aryl methyl sites for hydroxylation is 1. The fraction of sp³-hybridized carbons (Fsp3) is 0.556. The summed E-state index contributed by atoms with van der Waals surface area (Å²) in [5.74, 6) is 0.923. The van der Waals surface area contributed by atoms with Gasteiger partial charge in [-0.25, -0.2) is 4.98 Å². The van der Waals surface area contributed by atoms with E-state index in [9.17, 15) is 0 Å². The van der Waals surface area contributed by atoms with E-state index in [-0.39, 0.29) is 0 Å². The molecule has 1 saturated heterocycles. The van der Waals surface area contributed by atoms with E-state index < -0.39 is 0 Å². The van der Waals surface area contributed by atoms with E-state index in [4.69, 9.17) is 0 Å². The Labute approximate surface area is 133 Å². The topological polar surface area (TPSA) is 34.0 Å². The highest BCUT2D eigenvalue weighted by Crippen LogP contribution is 2.22. The Hall–Kier alpha value is -1.68. The molecule has 0 bridgehead atoms. The van der Waals surface area contributed by atoms with Crippen LogP contribution in [0.25, 0.3) is 0 Å². The normalized spacial score (nSPS) is 16.9. The fourth-order valence-corrected chi connectivity index (χ4v) is 3.33. The van der Waals surface area contributed by atoms with Crippen molar-refractivity contribution >= 4 is 0 Å². The molecule has 1 aromatic carbocycles. The highest BCUT2D eigenvalue weighted by molar-refractivity contribution is 5.14. The maximum atomic E-state index is 4.16. The summed E-state index contributed by atoms with van der Waals surface area (Å²) in [6.45, 7) is 4.54. The van der Waals surface area contributed by atoms with Gasteiger partial charge in [-0.2, -0.15) is 5.10 Å². The van der Waals surface area contributed by atoms with E-state index in [2.05, 4.69) is 45.3 Å². The standard InChI is InChI=1S/C18H26N4/c1-2-5-17(6-3-1)7-4-8-18-9-11-21(12-10-18)13-14-22-16-19-15-20-22/h1-3,5-6,15-16,18H,4,7-14H2. The van der Waals surface area contributed by atoms with Gasteiger partial charge in [-0.3, -0.25) is 4.68 Å². The summed E-state index contributed by atoms with van der Waals surface area (Å²) >= 11 is 0. The molecule has 0 atom stereocenters. The van der Waals surface area contributed by atoms with Crippen LogP contribution in [0.2, 0.25) is 0 Å². The van der Waals surface area contributed by atoms with Crippen molar-refractivity contribution in [1.29, 1.82) is 0 Å². The molecule has 0 N–H and O–H groups in total.